The molecule has 0 spiro atoms. The van der Waals surface area contributed by atoms with Crippen molar-refractivity contribution in [2.75, 3.05) is 32.7 Å². The van der Waals surface area contributed by atoms with E-state index >= 15 is 0 Å². The first kappa shape index (κ1) is 16.0. The third-order valence-corrected chi connectivity index (χ3v) is 3.38. The average Bonchev–Trinajstić information content (AvgIpc) is 2.34. The summed E-state index contributed by atoms with van der Waals surface area (Å²) in [5, 5.41) is 8.53. The van der Waals surface area contributed by atoms with Gasteiger partial charge < -0.3 is 10.0 Å². The van der Waals surface area contributed by atoms with Gasteiger partial charge in [-0.15, -0.1) is 0 Å². The molecule has 0 aromatic heterocycles. The number of unbranched alkanes of at least 4 members (excludes halogenated alkanes) is 1. The molecule has 1 aliphatic heterocycles. The first-order valence-electron chi connectivity index (χ1n) is 7.21. The van der Waals surface area contributed by atoms with Crippen LogP contribution in [0, 0.1) is 5.92 Å². The van der Waals surface area contributed by atoms with Crippen molar-refractivity contribution in [1.82, 2.24) is 9.80 Å². The summed E-state index contributed by atoms with van der Waals surface area (Å²) in [7, 11) is 0. The fourth-order valence-electron chi connectivity index (χ4n) is 2.41. The van der Waals surface area contributed by atoms with E-state index in [0.29, 0.717) is 25.2 Å². The maximum atomic E-state index is 11.9. The van der Waals surface area contributed by atoms with Gasteiger partial charge in [0, 0.05) is 45.6 Å². The van der Waals surface area contributed by atoms with E-state index in [1.165, 1.54) is 0 Å². The number of hydrogen-bond acceptors (Lipinski definition) is 3. The third kappa shape index (κ3) is 6.57. The number of hydrogen-bond donors (Lipinski definition) is 1. The van der Waals surface area contributed by atoms with Crippen LogP contribution < -0.4 is 0 Å². The third-order valence-electron chi connectivity index (χ3n) is 3.38. The fourth-order valence-corrected chi connectivity index (χ4v) is 2.41. The quantitative estimate of drug-likeness (QED) is 0.711. The van der Waals surface area contributed by atoms with Crippen LogP contribution in [-0.4, -0.2) is 59.5 Å². The Hall–Kier alpha value is -1.10. The van der Waals surface area contributed by atoms with Crippen LogP contribution >= 0.6 is 0 Å². The largest absolute Gasteiger partial charge is 0.481 e. The van der Waals surface area contributed by atoms with E-state index in [1.807, 2.05) is 4.90 Å². The van der Waals surface area contributed by atoms with E-state index in [-0.39, 0.29) is 12.3 Å². The number of carbonyl (C=O) groups excluding carboxylic acids is 1. The van der Waals surface area contributed by atoms with Gasteiger partial charge in [0.05, 0.1) is 0 Å². The molecule has 1 amide bonds. The van der Waals surface area contributed by atoms with Crippen molar-refractivity contribution in [3.8, 4) is 0 Å². The topological polar surface area (TPSA) is 60.9 Å². The molecule has 0 atom stereocenters. The van der Waals surface area contributed by atoms with Crippen molar-refractivity contribution in [1.29, 1.82) is 0 Å². The molecule has 1 saturated heterocycles. The molecule has 0 aromatic carbocycles. The minimum Gasteiger partial charge on any atom is -0.481 e. The van der Waals surface area contributed by atoms with Gasteiger partial charge in [0.1, 0.15) is 0 Å². The molecular weight excluding hydrogens is 244 g/mol. The Balaban J connectivity index is 2.16. The van der Waals surface area contributed by atoms with Crippen molar-refractivity contribution < 1.29 is 14.7 Å². The lowest BCUT2D eigenvalue weighted by Gasteiger charge is -2.35. The molecule has 5 nitrogen and oxygen atoms in total. The molecule has 0 unspecified atom stereocenters. The van der Waals surface area contributed by atoms with Gasteiger partial charge in [-0.3, -0.25) is 14.5 Å². The summed E-state index contributed by atoms with van der Waals surface area (Å²) in [6.07, 6.45) is 1.92. The normalized spacial score (nSPS) is 16.9. The van der Waals surface area contributed by atoms with Crippen LogP contribution in [0.1, 0.15) is 39.5 Å². The highest BCUT2D eigenvalue weighted by Crippen LogP contribution is 2.09. The zero-order valence-electron chi connectivity index (χ0n) is 12.1. The number of carbonyl (C=O) groups is 2. The molecule has 19 heavy (non-hydrogen) atoms. The standard InChI is InChI=1S/C14H26N2O3/c1-12(2)11-15-7-9-16(10-8-15)13(17)5-3-4-6-14(18)19/h12H,3-11H2,1-2H3,(H,18,19). The predicted molar refractivity (Wildman–Crippen MR) is 74.0 cm³/mol. The van der Waals surface area contributed by atoms with Gasteiger partial charge >= 0.3 is 5.97 Å². The number of carboxylic acids is 1. The second-order valence-electron chi connectivity index (χ2n) is 5.68. The highest BCUT2D eigenvalue weighted by molar-refractivity contribution is 5.76. The van der Waals surface area contributed by atoms with Crippen LogP contribution in [-0.2, 0) is 9.59 Å². The molecule has 5 heteroatoms. The number of amides is 1. The summed E-state index contributed by atoms with van der Waals surface area (Å²) in [6.45, 7) is 9.05. The van der Waals surface area contributed by atoms with Crippen LogP contribution in [0.25, 0.3) is 0 Å². The Labute approximate surface area is 115 Å². The van der Waals surface area contributed by atoms with Gasteiger partial charge in [-0.1, -0.05) is 13.8 Å². The van der Waals surface area contributed by atoms with Crippen LogP contribution in [0.2, 0.25) is 0 Å². The summed E-state index contributed by atoms with van der Waals surface area (Å²) in [5.74, 6) is 0.0580. The Kier molecular flexibility index (Phi) is 6.84. The zero-order chi connectivity index (χ0) is 14.3. The molecule has 110 valence electrons. The summed E-state index contributed by atoms with van der Waals surface area (Å²) >= 11 is 0. The molecular formula is C14H26N2O3. The molecule has 1 fully saturated rings. The van der Waals surface area contributed by atoms with Gasteiger partial charge in [-0.2, -0.15) is 0 Å². The Bertz CT molecular complexity index is 297. The molecule has 0 bridgehead atoms. The Morgan fingerprint density at radius 3 is 2.16 bits per heavy atom. The Morgan fingerprint density at radius 1 is 1.05 bits per heavy atom. The van der Waals surface area contributed by atoms with Crippen LogP contribution in [0.3, 0.4) is 0 Å². The molecule has 0 radical (unpaired) electrons. The van der Waals surface area contributed by atoms with Crippen molar-refractivity contribution in [2.45, 2.75) is 39.5 Å². The monoisotopic (exact) mass is 270 g/mol. The van der Waals surface area contributed by atoms with Crippen LogP contribution in [0.5, 0.6) is 0 Å². The molecule has 0 aliphatic carbocycles. The first-order valence-corrected chi connectivity index (χ1v) is 7.21. The minimum absolute atomic E-state index is 0.162. The number of carboxylic acid groups (broad SMARTS) is 1. The van der Waals surface area contributed by atoms with E-state index < -0.39 is 5.97 Å². The lowest BCUT2D eigenvalue weighted by molar-refractivity contribution is -0.138. The van der Waals surface area contributed by atoms with Crippen molar-refractivity contribution in [3.05, 3.63) is 0 Å². The second-order valence-corrected chi connectivity index (χ2v) is 5.68. The minimum atomic E-state index is -0.783. The predicted octanol–water partition coefficient (Wildman–Crippen LogP) is 1.43. The summed E-state index contributed by atoms with van der Waals surface area (Å²) in [6, 6.07) is 0. The lowest BCUT2D eigenvalue weighted by atomic mass is 10.1. The summed E-state index contributed by atoms with van der Waals surface area (Å²) in [5.41, 5.74) is 0. The van der Waals surface area contributed by atoms with E-state index in [9.17, 15) is 9.59 Å². The van der Waals surface area contributed by atoms with Gasteiger partial charge in [0.15, 0.2) is 0 Å². The first-order chi connectivity index (χ1) is 8.99. The molecule has 0 saturated carbocycles. The van der Waals surface area contributed by atoms with Gasteiger partial charge in [0.25, 0.3) is 0 Å². The average molecular weight is 270 g/mol. The maximum absolute atomic E-state index is 11.9. The molecule has 1 aliphatic rings. The Morgan fingerprint density at radius 2 is 1.63 bits per heavy atom. The van der Waals surface area contributed by atoms with E-state index in [2.05, 4.69) is 18.7 Å². The highest BCUT2D eigenvalue weighted by Gasteiger charge is 2.20. The van der Waals surface area contributed by atoms with Gasteiger partial charge in [-0.05, 0) is 18.8 Å². The van der Waals surface area contributed by atoms with Crippen molar-refractivity contribution in [2.24, 2.45) is 5.92 Å². The van der Waals surface area contributed by atoms with Gasteiger partial charge in [-0.25, -0.2) is 0 Å². The second kappa shape index (κ2) is 8.15. The van der Waals surface area contributed by atoms with Crippen molar-refractivity contribution >= 4 is 11.9 Å². The SMILES string of the molecule is CC(C)CN1CCN(C(=O)CCCCC(=O)O)CC1. The lowest BCUT2D eigenvalue weighted by Crippen LogP contribution is -2.49. The van der Waals surface area contributed by atoms with Crippen LogP contribution in [0.4, 0.5) is 0 Å². The van der Waals surface area contributed by atoms with Crippen LogP contribution in [0.15, 0.2) is 0 Å². The number of aliphatic carboxylic acids is 1. The van der Waals surface area contributed by atoms with E-state index in [4.69, 9.17) is 5.11 Å². The van der Waals surface area contributed by atoms with Crippen molar-refractivity contribution in [3.63, 3.8) is 0 Å². The van der Waals surface area contributed by atoms with E-state index in [0.717, 1.165) is 32.7 Å². The molecule has 0 aromatic rings. The summed E-state index contributed by atoms with van der Waals surface area (Å²) in [4.78, 5) is 26.6. The number of rotatable bonds is 7. The van der Waals surface area contributed by atoms with Gasteiger partial charge in [0.2, 0.25) is 5.91 Å². The molecule has 1 rings (SSSR count). The zero-order valence-corrected chi connectivity index (χ0v) is 12.1. The smallest absolute Gasteiger partial charge is 0.303 e. The maximum Gasteiger partial charge on any atom is 0.303 e. The molecule has 1 heterocycles. The van der Waals surface area contributed by atoms with E-state index in [1.54, 1.807) is 0 Å². The molecule has 1 N–H and O–H groups in total. The highest BCUT2D eigenvalue weighted by atomic mass is 16.4. The summed E-state index contributed by atoms with van der Waals surface area (Å²) < 4.78 is 0. The number of nitrogens with zero attached hydrogens (tertiary/aromatic N) is 2. The number of piperazine rings is 1. The fraction of sp³-hybridized carbons (Fsp3) is 0.857.